The molecule has 1 aliphatic heterocycles. The maximum atomic E-state index is 12.2. The molecule has 1 saturated heterocycles. The van der Waals surface area contributed by atoms with Crippen molar-refractivity contribution in [2.24, 2.45) is 0 Å². The van der Waals surface area contributed by atoms with Gasteiger partial charge in [0.1, 0.15) is 11.6 Å². The number of hydrogen-bond donors (Lipinski definition) is 1. The highest BCUT2D eigenvalue weighted by Gasteiger charge is 2.27. The van der Waals surface area contributed by atoms with Gasteiger partial charge in [-0.25, -0.2) is 0 Å². The van der Waals surface area contributed by atoms with Crippen molar-refractivity contribution in [3.05, 3.63) is 11.6 Å². The second-order valence-corrected chi connectivity index (χ2v) is 7.97. The molecule has 8 nitrogen and oxygen atoms in total. The molecule has 1 aromatic rings. The van der Waals surface area contributed by atoms with Crippen LogP contribution in [0.15, 0.2) is 0 Å². The molecule has 9 heteroatoms. The van der Waals surface area contributed by atoms with Gasteiger partial charge >= 0.3 is 0 Å². The molecule has 0 bridgehead atoms. The van der Waals surface area contributed by atoms with Crippen LogP contribution in [0.5, 0.6) is 0 Å². The van der Waals surface area contributed by atoms with Crippen LogP contribution in [0.4, 0.5) is 0 Å². The number of rotatable bonds is 7. The minimum atomic E-state index is -3.37. The highest BCUT2D eigenvalue weighted by atomic mass is 32.2. The van der Waals surface area contributed by atoms with Gasteiger partial charge in [-0.3, -0.25) is 4.90 Å². The van der Waals surface area contributed by atoms with Crippen molar-refractivity contribution in [1.82, 2.24) is 28.7 Å². The van der Waals surface area contributed by atoms with Crippen LogP contribution >= 0.6 is 0 Å². The predicted molar refractivity (Wildman–Crippen MR) is 89.1 cm³/mol. The normalized spacial score (nSPS) is 18.0. The van der Waals surface area contributed by atoms with Crippen molar-refractivity contribution < 1.29 is 8.42 Å². The standard InChI is InChI=1S/C14H28N6O2S/c1-5-6-20-13(4)15-16-14(20)11-18-7-9-19(10-8-18)23(21,22)17-12(2)3/h12,17H,5-11H2,1-4H3. The average molecular weight is 344 g/mol. The zero-order valence-electron chi connectivity index (χ0n) is 14.5. The third-order valence-electron chi connectivity index (χ3n) is 3.88. The molecule has 1 aliphatic rings. The summed E-state index contributed by atoms with van der Waals surface area (Å²) in [4.78, 5) is 2.23. The van der Waals surface area contributed by atoms with Crippen LogP contribution in [0.2, 0.25) is 0 Å². The van der Waals surface area contributed by atoms with Gasteiger partial charge in [0.25, 0.3) is 10.2 Å². The van der Waals surface area contributed by atoms with Crippen LogP contribution in [-0.2, 0) is 23.3 Å². The van der Waals surface area contributed by atoms with Crippen molar-refractivity contribution in [1.29, 1.82) is 0 Å². The molecule has 0 atom stereocenters. The predicted octanol–water partition coefficient (Wildman–Crippen LogP) is 0.357. The van der Waals surface area contributed by atoms with Gasteiger partial charge in [0.2, 0.25) is 0 Å². The van der Waals surface area contributed by atoms with E-state index in [-0.39, 0.29) is 6.04 Å². The molecule has 0 unspecified atom stereocenters. The van der Waals surface area contributed by atoms with Crippen molar-refractivity contribution >= 4 is 10.2 Å². The Hall–Kier alpha value is -1.03. The van der Waals surface area contributed by atoms with E-state index < -0.39 is 10.2 Å². The smallest absolute Gasteiger partial charge is 0.279 e. The van der Waals surface area contributed by atoms with E-state index in [1.807, 2.05) is 20.8 Å². The van der Waals surface area contributed by atoms with Crippen LogP contribution in [0, 0.1) is 6.92 Å². The van der Waals surface area contributed by atoms with Gasteiger partial charge in [0.05, 0.1) is 6.54 Å². The fourth-order valence-corrected chi connectivity index (χ4v) is 4.15. The molecule has 1 N–H and O–H groups in total. The second-order valence-electron chi connectivity index (χ2n) is 6.27. The van der Waals surface area contributed by atoms with E-state index in [1.54, 1.807) is 0 Å². The summed E-state index contributed by atoms with van der Waals surface area (Å²) >= 11 is 0. The summed E-state index contributed by atoms with van der Waals surface area (Å²) in [6, 6.07) is -0.0893. The third kappa shape index (κ3) is 4.72. The molecular formula is C14H28N6O2S. The molecule has 0 radical (unpaired) electrons. The lowest BCUT2D eigenvalue weighted by Crippen LogP contribution is -2.52. The van der Waals surface area contributed by atoms with Gasteiger partial charge in [0.15, 0.2) is 0 Å². The first kappa shape index (κ1) is 18.3. The van der Waals surface area contributed by atoms with Crippen LogP contribution in [-0.4, -0.2) is 64.6 Å². The van der Waals surface area contributed by atoms with Crippen molar-refractivity contribution in [3.63, 3.8) is 0 Å². The Balaban J connectivity index is 1.93. The van der Waals surface area contributed by atoms with Crippen molar-refractivity contribution in [2.45, 2.75) is 53.2 Å². The average Bonchev–Trinajstić information content (AvgIpc) is 2.80. The monoisotopic (exact) mass is 344 g/mol. The van der Waals surface area contributed by atoms with Gasteiger partial charge < -0.3 is 4.57 Å². The van der Waals surface area contributed by atoms with E-state index in [9.17, 15) is 8.42 Å². The lowest BCUT2D eigenvalue weighted by atomic mass is 10.3. The molecule has 1 fully saturated rings. The summed E-state index contributed by atoms with van der Waals surface area (Å²) in [5.41, 5.74) is 0. The Kier molecular flexibility index (Phi) is 6.12. The van der Waals surface area contributed by atoms with Gasteiger partial charge in [0, 0.05) is 38.8 Å². The Labute approximate surface area is 139 Å². The topological polar surface area (TPSA) is 83.4 Å². The van der Waals surface area contributed by atoms with E-state index in [0.29, 0.717) is 32.7 Å². The summed E-state index contributed by atoms with van der Waals surface area (Å²) in [7, 11) is -3.37. The minimum Gasteiger partial charge on any atom is -0.314 e. The number of nitrogens with one attached hydrogen (secondary N) is 1. The summed E-state index contributed by atoms with van der Waals surface area (Å²) < 4.78 is 30.6. The van der Waals surface area contributed by atoms with Crippen LogP contribution in [0.3, 0.4) is 0 Å². The third-order valence-corrected chi connectivity index (χ3v) is 5.69. The zero-order valence-corrected chi connectivity index (χ0v) is 15.3. The maximum absolute atomic E-state index is 12.2. The Morgan fingerprint density at radius 2 is 1.83 bits per heavy atom. The summed E-state index contributed by atoms with van der Waals surface area (Å²) in [5, 5.41) is 8.42. The molecule has 0 aromatic carbocycles. The number of nitrogens with zero attached hydrogens (tertiary/aromatic N) is 5. The first-order chi connectivity index (χ1) is 10.8. The quantitative estimate of drug-likeness (QED) is 0.772. The van der Waals surface area contributed by atoms with Crippen molar-refractivity contribution in [3.8, 4) is 0 Å². The van der Waals surface area contributed by atoms with E-state index in [0.717, 1.165) is 24.6 Å². The number of hydrogen-bond acceptors (Lipinski definition) is 5. The lowest BCUT2D eigenvalue weighted by Gasteiger charge is -2.34. The van der Waals surface area contributed by atoms with Crippen LogP contribution in [0.1, 0.15) is 38.8 Å². The number of aryl methyl sites for hydroxylation is 1. The highest BCUT2D eigenvalue weighted by molar-refractivity contribution is 7.87. The van der Waals surface area contributed by atoms with Gasteiger partial charge in [-0.1, -0.05) is 6.92 Å². The lowest BCUT2D eigenvalue weighted by molar-refractivity contribution is 0.174. The molecule has 132 valence electrons. The largest absolute Gasteiger partial charge is 0.314 e. The van der Waals surface area contributed by atoms with E-state index in [1.165, 1.54) is 4.31 Å². The van der Waals surface area contributed by atoms with Crippen molar-refractivity contribution in [2.75, 3.05) is 26.2 Å². The van der Waals surface area contributed by atoms with Crippen LogP contribution in [0.25, 0.3) is 0 Å². The Bertz CT molecular complexity index is 605. The Morgan fingerprint density at radius 3 is 2.39 bits per heavy atom. The number of aromatic nitrogens is 3. The molecule has 23 heavy (non-hydrogen) atoms. The van der Waals surface area contributed by atoms with E-state index in [2.05, 4.69) is 31.3 Å². The van der Waals surface area contributed by atoms with Crippen LogP contribution < -0.4 is 4.72 Å². The molecule has 1 aromatic heterocycles. The number of piperazine rings is 1. The van der Waals surface area contributed by atoms with E-state index in [4.69, 9.17) is 0 Å². The Morgan fingerprint density at radius 1 is 1.17 bits per heavy atom. The fraction of sp³-hybridized carbons (Fsp3) is 0.857. The first-order valence-corrected chi connectivity index (χ1v) is 9.66. The SMILES string of the molecule is CCCn1c(C)nnc1CN1CCN(S(=O)(=O)NC(C)C)CC1. The fourth-order valence-electron chi connectivity index (χ4n) is 2.76. The van der Waals surface area contributed by atoms with Gasteiger partial charge in [-0.05, 0) is 27.2 Å². The molecule has 0 amide bonds. The summed E-state index contributed by atoms with van der Waals surface area (Å²) in [5.74, 6) is 1.89. The first-order valence-electron chi connectivity index (χ1n) is 8.22. The highest BCUT2D eigenvalue weighted by Crippen LogP contribution is 2.11. The maximum Gasteiger partial charge on any atom is 0.279 e. The zero-order chi connectivity index (χ0) is 17.0. The minimum absolute atomic E-state index is 0.0893. The summed E-state index contributed by atoms with van der Waals surface area (Å²) in [6.07, 6.45) is 1.04. The van der Waals surface area contributed by atoms with Gasteiger partial charge in [-0.2, -0.15) is 17.4 Å². The molecular weight excluding hydrogens is 316 g/mol. The summed E-state index contributed by atoms with van der Waals surface area (Å²) in [6.45, 7) is 11.8. The van der Waals surface area contributed by atoms with Gasteiger partial charge in [-0.15, -0.1) is 10.2 Å². The molecule has 2 heterocycles. The molecule has 0 spiro atoms. The second kappa shape index (κ2) is 7.69. The molecule has 2 rings (SSSR count). The molecule has 0 aliphatic carbocycles. The van der Waals surface area contributed by atoms with E-state index >= 15 is 0 Å². The molecule has 0 saturated carbocycles.